The average molecular weight is 196 g/mol. The normalized spacial score (nSPS) is 13.5. The van der Waals surface area contributed by atoms with E-state index in [2.05, 4.69) is 36.2 Å². The lowest BCUT2D eigenvalue weighted by atomic mass is 10.0. The van der Waals surface area contributed by atoms with Crippen LogP contribution in [0.3, 0.4) is 0 Å². The van der Waals surface area contributed by atoms with Gasteiger partial charge in [0.1, 0.15) is 12.2 Å². The van der Waals surface area contributed by atoms with Crippen molar-refractivity contribution in [1.29, 1.82) is 0 Å². The number of nitrogens with one attached hydrogen (secondary N) is 1. The van der Waals surface area contributed by atoms with Gasteiger partial charge in [-0.05, 0) is 19.9 Å². The summed E-state index contributed by atoms with van der Waals surface area (Å²) in [5.74, 6) is 1.68. The predicted octanol–water partition coefficient (Wildman–Crippen LogP) is 1.08. The van der Waals surface area contributed by atoms with Crippen molar-refractivity contribution in [3.63, 3.8) is 0 Å². The maximum Gasteiger partial charge on any atom is 0.138 e. The van der Waals surface area contributed by atoms with Crippen LogP contribution in [0.15, 0.2) is 6.33 Å². The number of aromatic nitrogens is 3. The van der Waals surface area contributed by atoms with E-state index in [4.69, 9.17) is 0 Å². The molecule has 0 aromatic carbocycles. The number of hydrogen-bond donors (Lipinski definition) is 1. The van der Waals surface area contributed by atoms with Gasteiger partial charge in [0.25, 0.3) is 0 Å². The van der Waals surface area contributed by atoms with Crippen molar-refractivity contribution in [2.24, 2.45) is 5.92 Å². The fourth-order valence-corrected chi connectivity index (χ4v) is 1.58. The van der Waals surface area contributed by atoms with Gasteiger partial charge in [-0.1, -0.05) is 13.8 Å². The van der Waals surface area contributed by atoms with E-state index < -0.39 is 0 Å². The minimum absolute atomic E-state index is 0.476. The van der Waals surface area contributed by atoms with Crippen LogP contribution in [-0.2, 0) is 13.0 Å². The number of nitrogens with zero attached hydrogens (tertiary/aromatic N) is 3. The van der Waals surface area contributed by atoms with E-state index >= 15 is 0 Å². The van der Waals surface area contributed by atoms with Crippen LogP contribution in [0.2, 0.25) is 0 Å². The number of aryl methyl sites for hydroxylation is 1. The Morgan fingerprint density at radius 2 is 2.21 bits per heavy atom. The molecule has 14 heavy (non-hydrogen) atoms. The topological polar surface area (TPSA) is 42.7 Å². The van der Waals surface area contributed by atoms with Crippen LogP contribution in [0.25, 0.3) is 0 Å². The highest BCUT2D eigenvalue weighted by molar-refractivity contribution is 4.90. The van der Waals surface area contributed by atoms with Gasteiger partial charge in [-0.2, -0.15) is 5.10 Å². The molecule has 0 amide bonds. The molecule has 4 nitrogen and oxygen atoms in total. The summed E-state index contributed by atoms with van der Waals surface area (Å²) in [7, 11) is 2.00. The first-order valence-corrected chi connectivity index (χ1v) is 5.23. The van der Waals surface area contributed by atoms with Gasteiger partial charge >= 0.3 is 0 Å². The molecule has 0 aliphatic carbocycles. The third-order valence-electron chi connectivity index (χ3n) is 2.57. The maximum absolute atomic E-state index is 4.27. The fourth-order valence-electron chi connectivity index (χ4n) is 1.58. The van der Waals surface area contributed by atoms with E-state index in [1.807, 2.05) is 11.7 Å². The van der Waals surface area contributed by atoms with E-state index in [-0.39, 0.29) is 0 Å². The van der Waals surface area contributed by atoms with E-state index in [0.29, 0.717) is 12.0 Å². The quantitative estimate of drug-likeness (QED) is 0.766. The fraction of sp³-hybridized carbons (Fsp3) is 0.800. The molecule has 1 atom stereocenters. The second kappa shape index (κ2) is 5.10. The van der Waals surface area contributed by atoms with Crippen LogP contribution in [0.1, 0.15) is 26.6 Å². The standard InChI is InChI=1S/C10H20N4/c1-5-14-10(12-7-13-14)6-9(11-4)8(2)3/h7-9,11H,5-6H2,1-4H3. The summed E-state index contributed by atoms with van der Waals surface area (Å²) in [6.07, 6.45) is 2.58. The summed E-state index contributed by atoms with van der Waals surface area (Å²) >= 11 is 0. The molecule has 1 aromatic heterocycles. The Morgan fingerprint density at radius 3 is 2.71 bits per heavy atom. The molecule has 1 aromatic rings. The Bertz CT molecular complexity index is 267. The van der Waals surface area contributed by atoms with Crippen molar-refractivity contribution in [3.05, 3.63) is 12.2 Å². The van der Waals surface area contributed by atoms with Crippen LogP contribution in [0, 0.1) is 5.92 Å². The summed E-state index contributed by atoms with van der Waals surface area (Å²) in [4.78, 5) is 4.27. The first kappa shape index (κ1) is 11.2. The number of hydrogen-bond acceptors (Lipinski definition) is 3. The van der Waals surface area contributed by atoms with E-state index in [0.717, 1.165) is 18.8 Å². The monoisotopic (exact) mass is 196 g/mol. The van der Waals surface area contributed by atoms with Crippen LogP contribution >= 0.6 is 0 Å². The molecule has 0 bridgehead atoms. The largest absolute Gasteiger partial charge is 0.316 e. The molecule has 0 spiro atoms. The molecule has 1 rings (SSSR count). The molecule has 4 heteroatoms. The average Bonchev–Trinajstić information content (AvgIpc) is 2.60. The highest BCUT2D eigenvalue weighted by Crippen LogP contribution is 2.07. The minimum atomic E-state index is 0.476. The van der Waals surface area contributed by atoms with Gasteiger partial charge in [0.15, 0.2) is 0 Å². The minimum Gasteiger partial charge on any atom is -0.316 e. The Balaban J connectivity index is 2.66. The first-order chi connectivity index (χ1) is 6.69. The summed E-state index contributed by atoms with van der Waals surface area (Å²) in [6.45, 7) is 7.41. The molecule has 80 valence electrons. The summed E-state index contributed by atoms with van der Waals surface area (Å²) in [5, 5.41) is 7.47. The van der Waals surface area contributed by atoms with E-state index in [1.165, 1.54) is 0 Å². The Labute approximate surface area is 85.7 Å². The first-order valence-electron chi connectivity index (χ1n) is 5.23. The highest BCUT2D eigenvalue weighted by atomic mass is 15.3. The smallest absolute Gasteiger partial charge is 0.138 e. The summed E-state index contributed by atoms with van der Waals surface area (Å²) < 4.78 is 1.95. The highest BCUT2D eigenvalue weighted by Gasteiger charge is 2.14. The van der Waals surface area contributed by atoms with Crippen LogP contribution < -0.4 is 5.32 Å². The van der Waals surface area contributed by atoms with Crippen molar-refractivity contribution in [2.75, 3.05) is 7.05 Å². The summed E-state index contributed by atoms with van der Waals surface area (Å²) in [5.41, 5.74) is 0. The maximum atomic E-state index is 4.27. The van der Waals surface area contributed by atoms with Crippen molar-refractivity contribution >= 4 is 0 Å². The molecular formula is C10H20N4. The third kappa shape index (κ3) is 2.54. The molecule has 0 fully saturated rings. The molecule has 0 radical (unpaired) electrons. The second-order valence-electron chi connectivity index (χ2n) is 3.84. The van der Waals surface area contributed by atoms with Crippen molar-refractivity contribution in [3.8, 4) is 0 Å². The predicted molar refractivity (Wildman–Crippen MR) is 57.1 cm³/mol. The van der Waals surface area contributed by atoms with Crippen molar-refractivity contribution < 1.29 is 0 Å². The molecule has 1 unspecified atom stereocenters. The zero-order valence-corrected chi connectivity index (χ0v) is 9.49. The van der Waals surface area contributed by atoms with Gasteiger partial charge in [0.2, 0.25) is 0 Å². The Hall–Kier alpha value is -0.900. The van der Waals surface area contributed by atoms with Gasteiger partial charge in [-0.15, -0.1) is 0 Å². The molecule has 0 aliphatic heterocycles. The SMILES string of the molecule is CCn1ncnc1CC(NC)C(C)C. The van der Waals surface area contributed by atoms with Gasteiger partial charge in [-0.25, -0.2) is 4.98 Å². The molecule has 0 aliphatic rings. The molecule has 0 saturated carbocycles. The van der Waals surface area contributed by atoms with Crippen LogP contribution in [-0.4, -0.2) is 27.9 Å². The number of rotatable bonds is 5. The van der Waals surface area contributed by atoms with Gasteiger partial charge in [0.05, 0.1) is 0 Å². The van der Waals surface area contributed by atoms with Gasteiger partial charge in [-0.3, -0.25) is 4.68 Å². The molecule has 1 heterocycles. The van der Waals surface area contributed by atoms with E-state index in [1.54, 1.807) is 6.33 Å². The molecular weight excluding hydrogens is 176 g/mol. The van der Waals surface area contributed by atoms with Gasteiger partial charge in [0, 0.05) is 19.0 Å². The van der Waals surface area contributed by atoms with Crippen LogP contribution in [0.5, 0.6) is 0 Å². The zero-order valence-electron chi connectivity index (χ0n) is 9.49. The Kier molecular flexibility index (Phi) is 4.07. The van der Waals surface area contributed by atoms with Gasteiger partial charge < -0.3 is 5.32 Å². The molecule has 1 N–H and O–H groups in total. The third-order valence-corrected chi connectivity index (χ3v) is 2.57. The lowest BCUT2D eigenvalue weighted by Crippen LogP contribution is -2.33. The van der Waals surface area contributed by atoms with Crippen molar-refractivity contribution in [1.82, 2.24) is 20.1 Å². The van der Waals surface area contributed by atoms with Crippen LogP contribution in [0.4, 0.5) is 0 Å². The lowest BCUT2D eigenvalue weighted by Gasteiger charge is -2.19. The Morgan fingerprint density at radius 1 is 1.50 bits per heavy atom. The van der Waals surface area contributed by atoms with E-state index in [9.17, 15) is 0 Å². The second-order valence-corrected chi connectivity index (χ2v) is 3.84. The molecule has 0 saturated heterocycles. The summed E-state index contributed by atoms with van der Waals surface area (Å²) in [6, 6.07) is 0.476. The van der Waals surface area contributed by atoms with Crippen molar-refractivity contribution in [2.45, 2.75) is 39.8 Å². The zero-order chi connectivity index (χ0) is 10.6. The number of likely N-dealkylation sites (N-methyl/N-ethyl adjacent to an activating group) is 1. The lowest BCUT2D eigenvalue weighted by molar-refractivity contribution is 0.408.